The van der Waals surface area contributed by atoms with Gasteiger partial charge in [0, 0.05) is 0 Å². The van der Waals surface area contributed by atoms with Crippen molar-refractivity contribution in [2.75, 3.05) is 6.61 Å². The fraction of sp³-hybridized carbons (Fsp3) is 0.926. The predicted molar refractivity (Wildman–Crippen MR) is 144 cm³/mol. The molecule has 0 aromatic heterocycles. The van der Waals surface area contributed by atoms with Gasteiger partial charge in [-0.25, -0.2) is 8.37 Å². The van der Waals surface area contributed by atoms with Crippen molar-refractivity contribution in [2.24, 2.45) is 46.3 Å². The smallest absolute Gasteiger partial charge is 0.390 e. The first-order valence-electron chi connectivity index (χ1n) is 14.2. The highest BCUT2D eigenvalue weighted by atomic mass is 32.3. The predicted octanol–water partition coefficient (Wildman–Crippen LogP) is 3.96. The molecular formula is C27H46O10S2. The fourth-order valence-electron chi connectivity index (χ4n) is 9.69. The first-order valence-corrected chi connectivity index (χ1v) is 17.0. The van der Waals surface area contributed by atoms with Crippen molar-refractivity contribution in [3.8, 4) is 0 Å². The number of hydrogen-bond donors (Lipinski definition) is 4. The summed E-state index contributed by atoms with van der Waals surface area (Å²) < 4.78 is 73.7. The summed E-state index contributed by atoms with van der Waals surface area (Å²) in [7, 11) is -9.35. The minimum absolute atomic E-state index is 0.0126. The third-order valence-corrected chi connectivity index (χ3v) is 12.1. The second-order valence-electron chi connectivity index (χ2n) is 13.4. The van der Waals surface area contributed by atoms with Gasteiger partial charge in [-0.1, -0.05) is 19.4 Å². The monoisotopic (exact) mass is 594 g/mol. The molecule has 0 unspecified atom stereocenters. The van der Waals surface area contributed by atoms with E-state index in [0.29, 0.717) is 18.3 Å². The van der Waals surface area contributed by atoms with E-state index in [4.69, 9.17) is 8.37 Å². The van der Waals surface area contributed by atoms with Gasteiger partial charge in [0.05, 0.1) is 18.8 Å². The number of fused-ring (bicyclic) bond motifs is 5. The topological polar surface area (TPSA) is 168 Å². The zero-order chi connectivity index (χ0) is 29.0. The summed E-state index contributed by atoms with van der Waals surface area (Å²) in [6.45, 7) is 10.3. The maximum absolute atomic E-state index is 11.4. The lowest BCUT2D eigenvalue weighted by atomic mass is 9.43. The Hall–Kier alpha value is -0.600. The van der Waals surface area contributed by atoms with Gasteiger partial charge < -0.3 is 10.2 Å². The number of aliphatic hydroxyl groups is 2. The molecule has 0 radical (unpaired) electrons. The normalized spacial score (nSPS) is 43.3. The molecule has 0 bridgehead atoms. The van der Waals surface area contributed by atoms with Crippen LogP contribution < -0.4 is 0 Å². The second-order valence-corrected chi connectivity index (χ2v) is 15.5. The van der Waals surface area contributed by atoms with Crippen LogP contribution in [0.4, 0.5) is 0 Å². The first-order chi connectivity index (χ1) is 18.0. The number of rotatable bonds is 10. The Kier molecular flexibility index (Phi) is 9.03. The largest absolute Gasteiger partial charge is 0.397 e. The average molecular weight is 595 g/mol. The minimum Gasteiger partial charge on any atom is -0.390 e. The maximum Gasteiger partial charge on any atom is 0.397 e. The molecule has 0 aliphatic heterocycles. The molecule has 12 heteroatoms. The number of aliphatic hydroxyl groups excluding tert-OH is 2. The third kappa shape index (κ3) is 6.43. The Morgan fingerprint density at radius 3 is 2.21 bits per heavy atom. The summed E-state index contributed by atoms with van der Waals surface area (Å²) in [5.74, 6) is 0.979. The Balaban J connectivity index is 1.54. The Morgan fingerprint density at radius 2 is 1.59 bits per heavy atom. The summed E-state index contributed by atoms with van der Waals surface area (Å²) in [4.78, 5) is 0. The molecular weight excluding hydrogens is 548 g/mol. The lowest BCUT2D eigenvalue weighted by molar-refractivity contribution is -0.202. The second kappa shape index (κ2) is 11.2. The molecule has 10 nitrogen and oxygen atoms in total. The van der Waals surface area contributed by atoms with E-state index in [-0.39, 0.29) is 42.1 Å². The van der Waals surface area contributed by atoms with E-state index in [9.17, 15) is 36.2 Å². The van der Waals surface area contributed by atoms with Crippen LogP contribution in [0.1, 0.15) is 85.0 Å². The van der Waals surface area contributed by atoms with Gasteiger partial charge in [0.2, 0.25) is 0 Å². The Labute approximate surface area is 233 Å². The van der Waals surface area contributed by atoms with E-state index in [1.165, 1.54) is 0 Å². The van der Waals surface area contributed by atoms with E-state index >= 15 is 0 Å². The maximum atomic E-state index is 11.4. The van der Waals surface area contributed by atoms with Gasteiger partial charge in [0.1, 0.15) is 6.10 Å². The molecule has 4 fully saturated rings. The molecule has 4 aliphatic carbocycles. The van der Waals surface area contributed by atoms with Crippen molar-refractivity contribution in [1.29, 1.82) is 0 Å². The molecule has 226 valence electrons. The van der Waals surface area contributed by atoms with E-state index < -0.39 is 44.5 Å². The van der Waals surface area contributed by atoms with E-state index in [2.05, 4.69) is 20.4 Å². The van der Waals surface area contributed by atoms with Crippen molar-refractivity contribution in [2.45, 2.75) is 103 Å². The van der Waals surface area contributed by atoms with Gasteiger partial charge in [-0.2, -0.15) is 16.8 Å². The number of hydrogen-bond acceptors (Lipinski definition) is 8. The molecule has 4 aliphatic rings. The van der Waals surface area contributed by atoms with Crippen LogP contribution >= 0.6 is 0 Å². The molecule has 0 aromatic rings. The molecule has 0 saturated heterocycles. The summed E-state index contributed by atoms with van der Waals surface area (Å²) >= 11 is 0. The first kappa shape index (κ1) is 31.3. The van der Waals surface area contributed by atoms with Crippen molar-refractivity contribution >= 4 is 20.8 Å². The molecule has 0 aromatic carbocycles. The molecule has 11 atom stereocenters. The van der Waals surface area contributed by atoms with Gasteiger partial charge in [0.15, 0.2) is 0 Å². The van der Waals surface area contributed by atoms with Crippen LogP contribution in [-0.2, 0) is 29.2 Å². The van der Waals surface area contributed by atoms with Gasteiger partial charge in [-0.05, 0) is 117 Å². The zero-order valence-corrected chi connectivity index (χ0v) is 24.9. The van der Waals surface area contributed by atoms with Crippen LogP contribution in [0.25, 0.3) is 0 Å². The lowest BCUT2D eigenvalue weighted by Gasteiger charge is -2.62. The minimum atomic E-state index is -4.82. The molecule has 0 amide bonds. The fourth-order valence-corrected chi connectivity index (χ4v) is 10.6. The van der Waals surface area contributed by atoms with Gasteiger partial charge >= 0.3 is 20.8 Å². The van der Waals surface area contributed by atoms with Gasteiger partial charge in [0.25, 0.3) is 0 Å². The van der Waals surface area contributed by atoms with Crippen LogP contribution in [0.15, 0.2) is 12.2 Å². The van der Waals surface area contributed by atoms with Crippen LogP contribution in [0.5, 0.6) is 0 Å². The molecule has 0 spiro atoms. The SMILES string of the molecule is C=C(C)CCC[C@@H](COS(=O)(=O)O)[C@H]1CC[C@H]2[C@@H]3CC[C@@H]4[C@H](O)[C@H](OS(=O)(=O)O)[C@@H](O)C[C@]4(C)[C@H]3CC[C@]12C. The molecule has 4 saturated carbocycles. The summed E-state index contributed by atoms with van der Waals surface area (Å²) in [5.41, 5.74) is 0.644. The zero-order valence-electron chi connectivity index (χ0n) is 23.2. The van der Waals surface area contributed by atoms with Crippen LogP contribution in [0, 0.1) is 46.3 Å². The van der Waals surface area contributed by atoms with E-state index in [1.807, 2.05) is 6.92 Å². The van der Waals surface area contributed by atoms with Crippen LogP contribution in [-0.4, -0.2) is 61.1 Å². The highest BCUT2D eigenvalue weighted by molar-refractivity contribution is 7.81. The van der Waals surface area contributed by atoms with Gasteiger partial charge in [-0.15, -0.1) is 6.58 Å². The molecule has 39 heavy (non-hydrogen) atoms. The van der Waals surface area contributed by atoms with Crippen LogP contribution in [0.3, 0.4) is 0 Å². The molecule has 0 heterocycles. The highest BCUT2D eigenvalue weighted by Gasteiger charge is 2.64. The van der Waals surface area contributed by atoms with Gasteiger partial charge in [-0.3, -0.25) is 9.11 Å². The summed E-state index contributed by atoms with van der Waals surface area (Å²) in [6.07, 6.45) is 4.29. The quantitative estimate of drug-likeness (QED) is 0.215. The summed E-state index contributed by atoms with van der Waals surface area (Å²) in [6, 6.07) is 0. The molecule has 4 rings (SSSR count). The van der Waals surface area contributed by atoms with Crippen molar-refractivity contribution < 1.29 is 44.5 Å². The highest BCUT2D eigenvalue weighted by Crippen LogP contribution is 2.68. The Morgan fingerprint density at radius 1 is 0.949 bits per heavy atom. The van der Waals surface area contributed by atoms with E-state index in [0.717, 1.165) is 56.9 Å². The molecule has 4 N–H and O–H groups in total. The lowest BCUT2D eigenvalue weighted by Crippen LogP contribution is -2.62. The standard InChI is InChI=1S/C27H46O10S2/c1-16(2)6-5-7-17(15-36-38(30,31)32)19-10-11-20-18-8-9-22-24(29)25(37-39(33,34)35)23(28)14-27(22,4)21(18)12-13-26(19,20)3/h17-25,28-29H,1,5-15H2,2-4H3,(H,30,31,32)(H,33,34,35)/t17-,18-,19+,20-,21-,22+,23-,24-,25+,26+,27+/m0/s1. The van der Waals surface area contributed by atoms with E-state index in [1.54, 1.807) is 0 Å². The number of allylic oxidation sites excluding steroid dienone is 1. The Bertz CT molecular complexity index is 1120. The van der Waals surface area contributed by atoms with Crippen molar-refractivity contribution in [3.63, 3.8) is 0 Å². The third-order valence-electron chi connectivity index (χ3n) is 11.2. The van der Waals surface area contributed by atoms with Crippen molar-refractivity contribution in [1.82, 2.24) is 0 Å². The average Bonchev–Trinajstić information content (AvgIpc) is 3.14. The van der Waals surface area contributed by atoms with Crippen LogP contribution in [0.2, 0.25) is 0 Å². The van der Waals surface area contributed by atoms with Crippen molar-refractivity contribution in [3.05, 3.63) is 12.2 Å². The summed E-state index contributed by atoms with van der Waals surface area (Å²) in [5, 5.41) is 21.9.